The van der Waals surface area contributed by atoms with Crippen molar-refractivity contribution in [3.05, 3.63) is 53.7 Å². The van der Waals surface area contributed by atoms with Crippen LogP contribution in [0.1, 0.15) is 48.5 Å². The monoisotopic (exact) mass is 439 g/mol. The molecule has 7 heteroatoms. The maximum Gasteiger partial charge on any atom is 0.250 e. The van der Waals surface area contributed by atoms with Crippen molar-refractivity contribution in [2.24, 2.45) is 5.73 Å². The lowest BCUT2D eigenvalue weighted by atomic mass is 9.91. The highest BCUT2D eigenvalue weighted by atomic mass is 32.2. The van der Waals surface area contributed by atoms with Crippen LogP contribution in [0.2, 0.25) is 0 Å². The van der Waals surface area contributed by atoms with Crippen molar-refractivity contribution in [2.45, 2.75) is 32.6 Å². The number of nitrogens with zero attached hydrogens (tertiary/aromatic N) is 1. The quantitative estimate of drug-likeness (QED) is 0.605. The molecule has 3 aromatic rings. The fourth-order valence-electron chi connectivity index (χ4n) is 4.61. The van der Waals surface area contributed by atoms with E-state index in [0.29, 0.717) is 18.4 Å². The molecule has 4 rings (SSSR count). The van der Waals surface area contributed by atoms with Crippen molar-refractivity contribution in [3.8, 4) is 11.1 Å². The van der Waals surface area contributed by atoms with Gasteiger partial charge in [0.05, 0.1) is 22.6 Å². The second kappa shape index (κ2) is 8.38. The number of carbonyl (C=O) groups excluding carboxylic acids is 1. The lowest BCUT2D eigenvalue weighted by Crippen LogP contribution is -2.22. The van der Waals surface area contributed by atoms with E-state index in [1.165, 1.54) is 0 Å². The largest absolute Gasteiger partial charge is 0.372 e. The van der Waals surface area contributed by atoms with Gasteiger partial charge in [0.25, 0.3) is 5.91 Å². The molecule has 2 aromatic carbocycles. The van der Waals surface area contributed by atoms with E-state index in [4.69, 9.17) is 5.73 Å². The van der Waals surface area contributed by atoms with Crippen molar-refractivity contribution in [1.29, 1.82) is 0 Å². The van der Waals surface area contributed by atoms with Crippen LogP contribution in [-0.2, 0) is 9.84 Å². The third kappa shape index (κ3) is 4.19. The molecule has 0 saturated carbocycles. The molecule has 1 aliphatic rings. The van der Waals surface area contributed by atoms with Gasteiger partial charge in [0.2, 0.25) is 0 Å². The van der Waals surface area contributed by atoms with Crippen LogP contribution in [0.25, 0.3) is 22.0 Å². The van der Waals surface area contributed by atoms with Crippen molar-refractivity contribution >= 4 is 32.3 Å². The van der Waals surface area contributed by atoms with E-state index in [1.807, 2.05) is 12.3 Å². The van der Waals surface area contributed by atoms with Crippen molar-refractivity contribution in [3.63, 3.8) is 0 Å². The minimum atomic E-state index is -2.94. The third-order valence-electron chi connectivity index (χ3n) is 6.41. The number of H-pyrrole nitrogens is 1. The number of nitrogens with two attached hydrogens (primary N) is 1. The van der Waals surface area contributed by atoms with E-state index in [9.17, 15) is 13.2 Å². The minimum Gasteiger partial charge on any atom is -0.372 e. The van der Waals surface area contributed by atoms with Gasteiger partial charge in [-0.05, 0) is 73.6 Å². The van der Waals surface area contributed by atoms with Gasteiger partial charge in [-0.25, -0.2) is 8.42 Å². The summed E-state index contributed by atoms with van der Waals surface area (Å²) in [6, 6.07) is 12.3. The average Bonchev–Trinajstić information content (AvgIpc) is 3.18. The predicted molar refractivity (Wildman–Crippen MR) is 126 cm³/mol. The molecular weight excluding hydrogens is 410 g/mol. The first-order chi connectivity index (χ1) is 14.8. The Morgan fingerprint density at radius 1 is 1.06 bits per heavy atom. The third-order valence-corrected chi connectivity index (χ3v) is 8.13. The topological polar surface area (TPSA) is 96.3 Å². The molecule has 6 nitrogen and oxygen atoms in total. The minimum absolute atomic E-state index is 0.151. The van der Waals surface area contributed by atoms with Crippen LogP contribution >= 0.6 is 0 Å². The number of primary amides is 1. The molecule has 0 bridgehead atoms. The molecule has 0 atom stereocenters. The number of aromatic nitrogens is 1. The highest BCUT2D eigenvalue weighted by molar-refractivity contribution is 7.91. The Kier molecular flexibility index (Phi) is 5.79. The summed E-state index contributed by atoms with van der Waals surface area (Å²) < 4.78 is 23.7. The van der Waals surface area contributed by atoms with Gasteiger partial charge >= 0.3 is 0 Å². The van der Waals surface area contributed by atoms with Crippen molar-refractivity contribution in [2.75, 3.05) is 29.5 Å². The number of hydrogen-bond donors (Lipinski definition) is 2. The summed E-state index contributed by atoms with van der Waals surface area (Å²) in [5, 5.41) is 0.948. The summed E-state index contributed by atoms with van der Waals surface area (Å²) in [5.74, 6) is 0.0866. The number of aromatic amines is 1. The van der Waals surface area contributed by atoms with Gasteiger partial charge in [0, 0.05) is 30.4 Å². The molecule has 0 radical (unpaired) electrons. The molecule has 31 heavy (non-hydrogen) atoms. The maximum absolute atomic E-state index is 12.2. The Balaban J connectivity index is 1.77. The summed E-state index contributed by atoms with van der Waals surface area (Å²) in [5.41, 5.74) is 11.0. The number of anilines is 1. The number of amides is 1. The summed E-state index contributed by atoms with van der Waals surface area (Å²) in [6.07, 6.45) is 3.11. The second-order valence-corrected chi connectivity index (χ2v) is 10.5. The van der Waals surface area contributed by atoms with Crippen molar-refractivity contribution < 1.29 is 13.2 Å². The van der Waals surface area contributed by atoms with Gasteiger partial charge in [0.1, 0.15) is 9.84 Å². The first kappa shape index (κ1) is 21.4. The summed E-state index contributed by atoms with van der Waals surface area (Å²) in [4.78, 5) is 17.7. The average molecular weight is 440 g/mol. The van der Waals surface area contributed by atoms with Gasteiger partial charge in [-0.1, -0.05) is 12.1 Å². The number of nitrogens with one attached hydrogen (secondary N) is 1. The first-order valence-corrected chi connectivity index (χ1v) is 12.7. The van der Waals surface area contributed by atoms with Gasteiger partial charge < -0.3 is 15.6 Å². The van der Waals surface area contributed by atoms with Gasteiger partial charge in [-0.15, -0.1) is 0 Å². The lowest BCUT2D eigenvalue weighted by molar-refractivity contribution is 0.100. The normalized spacial score (nSPS) is 16.5. The first-order valence-electron chi connectivity index (χ1n) is 10.8. The van der Waals surface area contributed by atoms with E-state index in [2.05, 4.69) is 54.1 Å². The van der Waals surface area contributed by atoms with Crippen LogP contribution in [0, 0.1) is 0 Å². The van der Waals surface area contributed by atoms with Crippen LogP contribution in [0.15, 0.2) is 42.6 Å². The number of fused-ring (bicyclic) bond motifs is 1. The molecule has 1 fully saturated rings. The van der Waals surface area contributed by atoms with Crippen LogP contribution in [-0.4, -0.2) is 43.9 Å². The number of rotatable bonds is 6. The summed E-state index contributed by atoms with van der Waals surface area (Å²) >= 11 is 0. The predicted octanol–water partition coefficient (Wildman–Crippen LogP) is 4.07. The molecule has 3 N–H and O–H groups in total. The summed E-state index contributed by atoms with van der Waals surface area (Å²) in [6.45, 7) is 6.15. The zero-order valence-corrected chi connectivity index (χ0v) is 18.8. The number of carbonyl (C=O) groups is 1. The fourth-order valence-corrected chi connectivity index (χ4v) is 6.10. The molecule has 0 aliphatic carbocycles. The van der Waals surface area contributed by atoms with E-state index in [0.717, 1.165) is 46.4 Å². The Hall–Kier alpha value is -2.80. The molecule has 0 unspecified atom stereocenters. The standard InChI is InChI=1S/C24H29N3O3S/c1-3-27(4-2)19-7-5-16(6-8-19)18-13-20-22(17-9-11-31(29,30)12-10-17)15-26-23(20)21(14-18)24(25)28/h5-8,13-15,17,26H,3-4,9-12H2,1-2H3,(H2,25,28). The van der Waals surface area contributed by atoms with E-state index < -0.39 is 15.7 Å². The molecule has 2 heterocycles. The maximum atomic E-state index is 12.2. The molecule has 164 valence electrons. The van der Waals surface area contributed by atoms with Crippen LogP contribution in [0.5, 0.6) is 0 Å². The number of hydrogen-bond acceptors (Lipinski definition) is 4. The molecule has 0 spiro atoms. The summed E-state index contributed by atoms with van der Waals surface area (Å²) in [7, 11) is -2.94. The molecule has 1 aliphatic heterocycles. The zero-order chi connectivity index (χ0) is 22.2. The van der Waals surface area contributed by atoms with Gasteiger partial charge in [-0.3, -0.25) is 4.79 Å². The molecule has 1 aromatic heterocycles. The second-order valence-electron chi connectivity index (χ2n) is 8.20. The van der Waals surface area contributed by atoms with Gasteiger partial charge in [-0.2, -0.15) is 0 Å². The number of sulfone groups is 1. The van der Waals surface area contributed by atoms with E-state index in [-0.39, 0.29) is 17.4 Å². The van der Waals surface area contributed by atoms with Gasteiger partial charge in [0.15, 0.2) is 0 Å². The zero-order valence-electron chi connectivity index (χ0n) is 18.0. The molecule has 1 amide bonds. The lowest BCUT2D eigenvalue weighted by Gasteiger charge is -2.22. The smallest absolute Gasteiger partial charge is 0.250 e. The Morgan fingerprint density at radius 2 is 1.71 bits per heavy atom. The Morgan fingerprint density at radius 3 is 2.29 bits per heavy atom. The Labute approximate surface area is 183 Å². The van der Waals surface area contributed by atoms with Crippen molar-refractivity contribution in [1.82, 2.24) is 4.98 Å². The van der Waals surface area contributed by atoms with Crippen LogP contribution in [0.3, 0.4) is 0 Å². The van der Waals surface area contributed by atoms with Crippen LogP contribution in [0.4, 0.5) is 5.69 Å². The molecular formula is C24H29N3O3S. The number of benzene rings is 2. The Bertz CT molecular complexity index is 1190. The van der Waals surface area contributed by atoms with E-state index in [1.54, 1.807) is 0 Å². The highest BCUT2D eigenvalue weighted by Gasteiger charge is 2.27. The fraction of sp³-hybridized carbons (Fsp3) is 0.375. The SMILES string of the molecule is CCN(CC)c1ccc(-c2cc(C(N)=O)c3[nH]cc(C4CCS(=O)(=O)CC4)c3c2)cc1. The highest BCUT2D eigenvalue weighted by Crippen LogP contribution is 2.37. The van der Waals surface area contributed by atoms with E-state index >= 15 is 0 Å². The van der Waals surface area contributed by atoms with Crippen LogP contribution < -0.4 is 10.6 Å². The molecule has 1 saturated heterocycles.